The zero-order valence-corrected chi connectivity index (χ0v) is 16.1. The van der Waals surface area contributed by atoms with Crippen LogP contribution in [0.5, 0.6) is 0 Å². The monoisotopic (exact) mass is 376 g/mol. The van der Waals surface area contributed by atoms with Crippen LogP contribution in [0.3, 0.4) is 0 Å². The van der Waals surface area contributed by atoms with E-state index in [1.54, 1.807) is 0 Å². The van der Waals surface area contributed by atoms with Crippen molar-refractivity contribution in [2.45, 2.75) is 37.6 Å². The smallest absolute Gasteiger partial charge is 0.257 e. The van der Waals surface area contributed by atoms with Crippen molar-refractivity contribution < 1.29 is 8.42 Å². The lowest BCUT2D eigenvalue weighted by Crippen LogP contribution is -2.41. The maximum atomic E-state index is 12.4. The minimum atomic E-state index is -3.51. The first kappa shape index (κ1) is 19.1. The summed E-state index contributed by atoms with van der Waals surface area (Å²) in [4.78, 5) is 9.39. The summed E-state index contributed by atoms with van der Waals surface area (Å²) in [6.45, 7) is 5.47. The van der Waals surface area contributed by atoms with Gasteiger partial charge in [0.1, 0.15) is 5.82 Å². The molecule has 0 saturated carbocycles. The largest absolute Gasteiger partial charge is 0.332 e. The molecule has 6 nitrogen and oxygen atoms in total. The summed E-state index contributed by atoms with van der Waals surface area (Å²) in [5.74, 6) is 1.04. The Balaban J connectivity index is 1.48. The third kappa shape index (κ3) is 5.16. The second-order valence-electron chi connectivity index (χ2n) is 6.94. The Morgan fingerprint density at radius 2 is 2.12 bits per heavy atom. The van der Waals surface area contributed by atoms with Gasteiger partial charge in [0.15, 0.2) is 5.03 Å². The minimum absolute atomic E-state index is 0.158. The highest BCUT2D eigenvalue weighted by Crippen LogP contribution is 2.17. The molecule has 0 amide bonds. The van der Waals surface area contributed by atoms with E-state index in [2.05, 4.69) is 43.9 Å². The molecule has 7 heteroatoms. The maximum Gasteiger partial charge on any atom is 0.257 e. The molecule has 26 heavy (non-hydrogen) atoms. The van der Waals surface area contributed by atoms with Gasteiger partial charge in [0.25, 0.3) is 10.0 Å². The van der Waals surface area contributed by atoms with Crippen LogP contribution in [0.4, 0.5) is 0 Å². The van der Waals surface area contributed by atoms with Crippen LogP contribution in [0.1, 0.15) is 31.2 Å². The van der Waals surface area contributed by atoms with E-state index in [0.717, 1.165) is 38.9 Å². The van der Waals surface area contributed by atoms with Crippen LogP contribution in [-0.2, 0) is 22.9 Å². The lowest BCUT2D eigenvalue weighted by molar-refractivity contribution is 0.178. The van der Waals surface area contributed by atoms with Gasteiger partial charge in [0, 0.05) is 26.1 Å². The van der Waals surface area contributed by atoms with Gasteiger partial charge in [-0.3, -0.25) is 0 Å². The first-order valence-electron chi connectivity index (χ1n) is 9.36. The molecule has 2 N–H and O–H groups in total. The zero-order valence-electron chi connectivity index (χ0n) is 15.3. The van der Waals surface area contributed by atoms with Gasteiger partial charge in [-0.05, 0) is 37.3 Å². The number of aryl methyl sites for hydroxylation is 1. The molecule has 0 bridgehead atoms. The Bertz CT molecular complexity index is 789. The predicted molar refractivity (Wildman–Crippen MR) is 102 cm³/mol. The highest BCUT2D eigenvalue weighted by molar-refractivity contribution is 7.89. The number of imidazole rings is 1. The summed E-state index contributed by atoms with van der Waals surface area (Å²) < 4.78 is 27.6. The van der Waals surface area contributed by atoms with E-state index in [-0.39, 0.29) is 5.03 Å². The summed E-state index contributed by atoms with van der Waals surface area (Å²) in [5.41, 5.74) is 1.35. The fourth-order valence-corrected chi connectivity index (χ4v) is 4.47. The minimum Gasteiger partial charge on any atom is -0.332 e. The molecule has 0 radical (unpaired) electrons. The van der Waals surface area contributed by atoms with Crippen LogP contribution in [0.15, 0.2) is 41.6 Å². The summed E-state index contributed by atoms with van der Waals surface area (Å²) >= 11 is 0. The number of likely N-dealkylation sites (tertiary alicyclic amines) is 1. The van der Waals surface area contributed by atoms with Crippen molar-refractivity contribution >= 4 is 10.0 Å². The maximum absolute atomic E-state index is 12.4. The van der Waals surface area contributed by atoms with Crippen LogP contribution in [0, 0.1) is 5.92 Å². The van der Waals surface area contributed by atoms with E-state index < -0.39 is 10.0 Å². The lowest BCUT2D eigenvalue weighted by Gasteiger charge is -2.32. The number of hydrogen-bond donors (Lipinski definition) is 2. The Labute approximate surface area is 156 Å². The molecule has 0 aliphatic carbocycles. The average Bonchev–Trinajstić information content (AvgIpc) is 3.16. The first-order valence-corrected chi connectivity index (χ1v) is 10.8. The van der Waals surface area contributed by atoms with E-state index in [1.807, 2.05) is 13.0 Å². The van der Waals surface area contributed by atoms with Crippen molar-refractivity contribution in [3.63, 3.8) is 0 Å². The number of aromatic amines is 1. The van der Waals surface area contributed by atoms with E-state index in [9.17, 15) is 8.42 Å². The fourth-order valence-electron chi connectivity index (χ4n) is 3.42. The molecule has 3 rings (SSSR count). The van der Waals surface area contributed by atoms with Gasteiger partial charge in [-0.15, -0.1) is 0 Å². The number of hydrogen-bond acceptors (Lipinski definition) is 4. The number of piperidine rings is 1. The zero-order chi connectivity index (χ0) is 18.4. The standard InChI is InChI=1S/C19H28N4O2S/c1-2-18-20-14-19(22-18)26(24,25)21-13-17-9-6-11-23(15-17)12-10-16-7-4-3-5-8-16/h3-5,7-8,14,17,21H,2,6,9-13,15H2,1H3,(H,20,22)/t17-/m1/s1. The SMILES string of the molecule is CCc1ncc(S(=O)(=O)NC[C@H]2CCCN(CCc3ccccc3)C2)[nH]1. The summed E-state index contributed by atoms with van der Waals surface area (Å²) in [7, 11) is -3.51. The molecule has 1 aliphatic heterocycles. The Morgan fingerprint density at radius 1 is 1.31 bits per heavy atom. The van der Waals surface area contributed by atoms with Gasteiger partial charge in [0.05, 0.1) is 6.20 Å². The second kappa shape index (κ2) is 8.79. The van der Waals surface area contributed by atoms with E-state index in [0.29, 0.717) is 24.7 Å². The van der Waals surface area contributed by atoms with Crippen LogP contribution >= 0.6 is 0 Å². The molecule has 142 valence electrons. The molecule has 1 fully saturated rings. The molecule has 2 aromatic rings. The molecule has 0 unspecified atom stereocenters. The third-order valence-corrected chi connectivity index (χ3v) is 6.29. The topological polar surface area (TPSA) is 78.1 Å². The molecular weight excluding hydrogens is 348 g/mol. The van der Waals surface area contributed by atoms with Crippen molar-refractivity contribution in [1.29, 1.82) is 0 Å². The second-order valence-corrected chi connectivity index (χ2v) is 8.68. The quantitative estimate of drug-likeness (QED) is 0.740. The van der Waals surface area contributed by atoms with Gasteiger partial charge in [-0.25, -0.2) is 18.1 Å². The molecule has 1 saturated heterocycles. The van der Waals surface area contributed by atoms with Crippen LogP contribution in [0.25, 0.3) is 0 Å². The number of sulfonamides is 1. The summed E-state index contributed by atoms with van der Waals surface area (Å²) in [5, 5.41) is 0.158. The molecule has 1 aromatic carbocycles. The van der Waals surface area contributed by atoms with Crippen LogP contribution in [-0.4, -0.2) is 49.5 Å². The number of benzene rings is 1. The Morgan fingerprint density at radius 3 is 2.85 bits per heavy atom. The van der Waals surface area contributed by atoms with Crippen LogP contribution in [0.2, 0.25) is 0 Å². The van der Waals surface area contributed by atoms with Gasteiger partial charge in [-0.1, -0.05) is 37.3 Å². The summed E-state index contributed by atoms with van der Waals surface area (Å²) in [6.07, 6.45) is 5.30. The highest BCUT2D eigenvalue weighted by atomic mass is 32.2. The number of H-pyrrole nitrogens is 1. The van der Waals surface area contributed by atoms with E-state index >= 15 is 0 Å². The number of nitrogens with one attached hydrogen (secondary N) is 2. The fraction of sp³-hybridized carbons (Fsp3) is 0.526. The number of nitrogens with zero attached hydrogens (tertiary/aromatic N) is 2. The molecule has 0 spiro atoms. The van der Waals surface area contributed by atoms with Crippen molar-refractivity contribution in [2.24, 2.45) is 5.92 Å². The average molecular weight is 377 g/mol. The molecule has 1 atom stereocenters. The molecule has 1 aromatic heterocycles. The third-order valence-electron chi connectivity index (χ3n) is 4.95. The van der Waals surface area contributed by atoms with E-state index in [1.165, 1.54) is 11.8 Å². The van der Waals surface area contributed by atoms with Crippen molar-refractivity contribution in [1.82, 2.24) is 19.6 Å². The van der Waals surface area contributed by atoms with Crippen molar-refractivity contribution in [3.8, 4) is 0 Å². The highest BCUT2D eigenvalue weighted by Gasteiger charge is 2.23. The Kier molecular flexibility index (Phi) is 6.45. The molecular formula is C19H28N4O2S. The summed E-state index contributed by atoms with van der Waals surface area (Å²) in [6, 6.07) is 10.5. The van der Waals surface area contributed by atoms with Gasteiger partial charge >= 0.3 is 0 Å². The van der Waals surface area contributed by atoms with Crippen molar-refractivity contribution in [2.75, 3.05) is 26.2 Å². The van der Waals surface area contributed by atoms with E-state index in [4.69, 9.17) is 0 Å². The lowest BCUT2D eigenvalue weighted by atomic mass is 9.98. The molecule has 1 aliphatic rings. The predicted octanol–water partition coefficient (Wildman–Crippen LogP) is 2.21. The van der Waals surface area contributed by atoms with Gasteiger partial charge in [-0.2, -0.15) is 0 Å². The first-order chi connectivity index (χ1) is 12.6. The Hall–Kier alpha value is -1.70. The van der Waals surface area contributed by atoms with Gasteiger partial charge < -0.3 is 9.88 Å². The number of rotatable bonds is 8. The molecule has 2 heterocycles. The normalized spacial score (nSPS) is 18.9. The number of aromatic nitrogens is 2. The van der Waals surface area contributed by atoms with Gasteiger partial charge in [0.2, 0.25) is 0 Å². The van der Waals surface area contributed by atoms with Crippen molar-refractivity contribution in [3.05, 3.63) is 47.9 Å². The van der Waals surface area contributed by atoms with Crippen LogP contribution < -0.4 is 4.72 Å².